The number of hydrogen-bond donors (Lipinski definition) is 1. The van der Waals surface area contributed by atoms with Gasteiger partial charge in [0.2, 0.25) is 5.95 Å². The third kappa shape index (κ3) is 3.55. The average molecular weight is 442 g/mol. The average Bonchev–Trinajstić information content (AvgIpc) is 3.22. The number of carbonyl (C=O) groups excluding carboxylic acids is 3. The summed E-state index contributed by atoms with van der Waals surface area (Å²) in [5, 5.41) is 3.46. The number of imidazole rings is 1. The molecule has 1 N–H and O–H groups in total. The maximum Gasteiger partial charge on any atom is 0.417 e. The normalized spacial score (nSPS) is 18.8. The first-order valence-corrected chi connectivity index (χ1v) is 10.5. The second kappa shape index (κ2) is 8.89. The molecule has 0 bridgehead atoms. The maximum absolute atomic E-state index is 13.0. The smallest absolute Gasteiger partial charge is 0.417 e. The number of benzene rings is 1. The molecule has 1 aromatic carbocycles. The Morgan fingerprint density at radius 2 is 1.72 bits per heavy atom. The monoisotopic (exact) mass is 442 g/mol. The third-order valence-corrected chi connectivity index (χ3v) is 5.92. The van der Waals surface area contributed by atoms with Crippen molar-refractivity contribution < 1.29 is 28.6 Å². The number of esters is 2. The standard InChI is InChI=1S/C22H26N4O6/c1-30-19(27)16-17(20(28)31-2)26(22(29)32-3)21-24-14-11-7-8-12-15(14)25(21)18(16)23-13-9-5-4-6-10-13/h7-8,11-13,17,23H,4-6,9-10H2,1-3H3. The van der Waals surface area contributed by atoms with Gasteiger partial charge in [-0.1, -0.05) is 31.4 Å². The molecular weight excluding hydrogens is 416 g/mol. The van der Waals surface area contributed by atoms with Crippen LogP contribution in [-0.4, -0.2) is 61.0 Å². The number of methoxy groups -OCH3 is 3. The molecular formula is C22H26N4O6. The number of fused-ring (bicyclic) bond motifs is 3. The zero-order valence-corrected chi connectivity index (χ0v) is 18.3. The van der Waals surface area contributed by atoms with Crippen LogP contribution in [0.2, 0.25) is 0 Å². The fourth-order valence-electron chi connectivity index (χ4n) is 4.41. The van der Waals surface area contributed by atoms with Crippen molar-refractivity contribution in [1.82, 2.24) is 14.9 Å². The van der Waals surface area contributed by atoms with Crippen molar-refractivity contribution in [2.45, 2.75) is 44.2 Å². The van der Waals surface area contributed by atoms with Gasteiger partial charge in [0.15, 0.2) is 6.04 Å². The van der Waals surface area contributed by atoms with Crippen LogP contribution in [0.3, 0.4) is 0 Å². The highest BCUT2D eigenvalue weighted by atomic mass is 16.6. The molecule has 1 aliphatic carbocycles. The topological polar surface area (TPSA) is 112 Å². The number of carbonyl (C=O) groups is 3. The Morgan fingerprint density at radius 3 is 2.38 bits per heavy atom. The SMILES string of the molecule is COC(=O)C1=C(NC2CCCCC2)n2c(nc3ccccc32)N(C(=O)OC)C1C(=O)OC. The maximum atomic E-state index is 13.0. The van der Waals surface area contributed by atoms with Crippen LogP contribution in [-0.2, 0) is 23.8 Å². The van der Waals surface area contributed by atoms with Crippen LogP contribution in [0.5, 0.6) is 0 Å². The summed E-state index contributed by atoms with van der Waals surface area (Å²) < 4.78 is 16.6. The largest absolute Gasteiger partial charge is 0.467 e. The Balaban J connectivity index is 2.02. The second-order valence-corrected chi connectivity index (χ2v) is 7.73. The second-order valence-electron chi connectivity index (χ2n) is 7.73. The summed E-state index contributed by atoms with van der Waals surface area (Å²) >= 11 is 0. The van der Waals surface area contributed by atoms with Crippen LogP contribution < -0.4 is 10.2 Å². The first-order chi connectivity index (χ1) is 15.5. The minimum Gasteiger partial charge on any atom is -0.467 e. The molecule has 10 heteroatoms. The van der Waals surface area contributed by atoms with Crippen molar-refractivity contribution in [2.75, 3.05) is 26.2 Å². The summed E-state index contributed by atoms with van der Waals surface area (Å²) in [5.74, 6) is -1.05. The van der Waals surface area contributed by atoms with E-state index in [1.807, 2.05) is 18.2 Å². The third-order valence-electron chi connectivity index (χ3n) is 5.92. The van der Waals surface area contributed by atoms with Gasteiger partial charge >= 0.3 is 18.0 Å². The molecule has 2 heterocycles. The van der Waals surface area contributed by atoms with E-state index in [1.54, 1.807) is 10.6 Å². The highest BCUT2D eigenvalue weighted by molar-refractivity contribution is 6.11. The lowest BCUT2D eigenvalue weighted by Crippen LogP contribution is -2.54. The van der Waals surface area contributed by atoms with Gasteiger partial charge in [-0.2, -0.15) is 0 Å². The number of anilines is 1. The summed E-state index contributed by atoms with van der Waals surface area (Å²) in [6.45, 7) is 0. The van der Waals surface area contributed by atoms with Gasteiger partial charge in [0.1, 0.15) is 11.4 Å². The van der Waals surface area contributed by atoms with Crippen LogP contribution in [0.1, 0.15) is 32.1 Å². The van der Waals surface area contributed by atoms with Gasteiger partial charge in [-0.05, 0) is 25.0 Å². The van der Waals surface area contributed by atoms with Gasteiger partial charge < -0.3 is 19.5 Å². The molecule has 1 aliphatic heterocycles. The number of ether oxygens (including phenoxy) is 3. The van der Waals surface area contributed by atoms with E-state index in [0.29, 0.717) is 16.9 Å². The minimum absolute atomic E-state index is 0.0361. The number of hydrogen-bond acceptors (Lipinski definition) is 8. The Morgan fingerprint density at radius 1 is 1.00 bits per heavy atom. The highest BCUT2D eigenvalue weighted by Gasteiger charge is 2.48. The van der Waals surface area contributed by atoms with Crippen molar-refractivity contribution in [1.29, 1.82) is 0 Å². The zero-order valence-electron chi connectivity index (χ0n) is 18.3. The van der Waals surface area contributed by atoms with E-state index in [0.717, 1.165) is 37.0 Å². The van der Waals surface area contributed by atoms with Crippen molar-refractivity contribution in [2.24, 2.45) is 0 Å². The lowest BCUT2D eigenvalue weighted by molar-refractivity contribution is -0.144. The Labute approximate surface area is 185 Å². The van der Waals surface area contributed by atoms with Crippen LogP contribution in [0.15, 0.2) is 29.8 Å². The van der Waals surface area contributed by atoms with E-state index in [-0.39, 0.29) is 17.6 Å². The number of para-hydroxylation sites is 2. The summed E-state index contributed by atoms with van der Waals surface area (Å²) in [4.78, 5) is 44.4. The fraction of sp³-hybridized carbons (Fsp3) is 0.455. The van der Waals surface area contributed by atoms with Crippen LogP contribution in [0, 0.1) is 0 Å². The van der Waals surface area contributed by atoms with Gasteiger partial charge in [0.05, 0.1) is 32.4 Å². The molecule has 32 heavy (non-hydrogen) atoms. The lowest BCUT2D eigenvalue weighted by Gasteiger charge is -2.36. The Kier molecular flexibility index (Phi) is 6.02. The molecule has 1 saturated carbocycles. The van der Waals surface area contributed by atoms with E-state index in [2.05, 4.69) is 10.3 Å². The summed E-state index contributed by atoms with van der Waals surface area (Å²) in [6, 6.07) is 5.95. The van der Waals surface area contributed by atoms with Crippen LogP contribution in [0.25, 0.3) is 16.9 Å². The molecule has 1 unspecified atom stereocenters. The molecule has 2 aromatic rings. The van der Waals surface area contributed by atoms with E-state index in [1.165, 1.54) is 21.3 Å². The van der Waals surface area contributed by atoms with Crippen LogP contribution >= 0.6 is 0 Å². The first-order valence-electron chi connectivity index (χ1n) is 10.5. The minimum atomic E-state index is -1.42. The van der Waals surface area contributed by atoms with Gasteiger partial charge in [0.25, 0.3) is 0 Å². The predicted molar refractivity (Wildman–Crippen MR) is 116 cm³/mol. The molecule has 0 spiro atoms. The van der Waals surface area contributed by atoms with Gasteiger partial charge in [0, 0.05) is 6.04 Å². The van der Waals surface area contributed by atoms with Crippen molar-refractivity contribution >= 4 is 40.8 Å². The van der Waals surface area contributed by atoms with Crippen LogP contribution in [0.4, 0.5) is 10.7 Å². The molecule has 0 saturated heterocycles. The lowest BCUT2D eigenvalue weighted by atomic mass is 9.95. The number of nitrogens with zero attached hydrogens (tertiary/aromatic N) is 3. The molecule has 10 nitrogen and oxygen atoms in total. The van der Waals surface area contributed by atoms with Gasteiger partial charge in [-0.3, -0.25) is 4.57 Å². The molecule has 2 aliphatic rings. The Bertz CT molecular complexity index is 1090. The molecule has 1 fully saturated rings. The quantitative estimate of drug-likeness (QED) is 0.568. The fourth-order valence-corrected chi connectivity index (χ4v) is 4.41. The van der Waals surface area contributed by atoms with Crippen molar-refractivity contribution in [3.8, 4) is 0 Å². The Hall–Kier alpha value is -3.56. The summed E-state index contributed by atoms with van der Waals surface area (Å²) in [7, 11) is 3.62. The number of rotatable bonds is 4. The number of amides is 1. The first kappa shape index (κ1) is 21.7. The predicted octanol–water partition coefficient (Wildman–Crippen LogP) is 2.43. The van der Waals surface area contributed by atoms with E-state index < -0.39 is 24.1 Å². The van der Waals surface area contributed by atoms with E-state index >= 15 is 0 Å². The van der Waals surface area contributed by atoms with Gasteiger partial charge in [-0.25, -0.2) is 24.3 Å². The molecule has 1 aromatic heterocycles. The van der Waals surface area contributed by atoms with E-state index in [9.17, 15) is 14.4 Å². The zero-order chi connectivity index (χ0) is 22.8. The summed E-state index contributed by atoms with van der Waals surface area (Å²) in [6.07, 6.45) is 4.26. The molecule has 1 atom stereocenters. The molecule has 170 valence electrons. The number of aromatic nitrogens is 2. The number of nitrogens with one attached hydrogen (secondary N) is 1. The van der Waals surface area contributed by atoms with Crippen molar-refractivity contribution in [3.63, 3.8) is 0 Å². The van der Waals surface area contributed by atoms with E-state index in [4.69, 9.17) is 14.2 Å². The molecule has 1 amide bonds. The molecule has 4 rings (SSSR count). The summed E-state index contributed by atoms with van der Waals surface area (Å²) in [5.41, 5.74) is 1.22. The van der Waals surface area contributed by atoms with Crippen molar-refractivity contribution in [3.05, 3.63) is 29.8 Å². The molecule has 0 radical (unpaired) electrons. The highest BCUT2D eigenvalue weighted by Crippen LogP contribution is 2.37. The van der Waals surface area contributed by atoms with Gasteiger partial charge in [-0.15, -0.1) is 0 Å².